The molecule has 0 radical (unpaired) electrons. The molecule has 0 aliphatic carbocycles. The van der Waals surface area contributed by atoms with Gasteiger partial charge < -0.3 is 64.3 Å². The summed E-state index contributed by atoms with van der Waals surface area (Å²) in [6.45, 7) is 37.4. The van der Waals surface area contributed by atoms with Crippen molar-refractivity contribution < 1.29 is 63.0 Å². The lowest BCUT2D eigenvalue weighted by Gasteiger charge is -2.38. The number of carboxylic acids is 1. The highest BCUT2D eigenvalue weighted by Crippen LogP contribution is 2.59. The van der Waals surface area contributed by atoms with Crippen molar-refractivity contribution in [3.05, 3.63) is 248 Å². The van der Waals surface area contributed by atoms with Crippen LogP contribution in [0.5, 0.6) is 34.5 Å². The van der Waals surface area contributed by atoms with Crippen LogP contribution in [0.4, 0.5) is 38.9 Å². The Bertz CT molecular complexity index is 4740. The zero-order chi connectivity index (χ0) is 75.8. The van der Waals surface area contributed by atoms with Gasteiger partial charge >= 0.3 is 24.0 Å². The average molecular weight is 1420 g/mol. The predicted molar refractivity (Wildman–Crippen MR) is 415 cm³/mol. The van der Waals surface area contributed by atoms with Gasteiger partial charge in [0.25, 0.3) is 0 Å². The minimum absolute atomic E-state index is 0.0610. The number of carbonyl (C=O) groups excluding carboxylic acids is 4. The maximum atomic E-state index is 13.2. The smallest absolute Gasteiger partial charge is 0.414 e. The summed E-state index contributed by atoms with van der Waals surface area (Å²) in [4.78, 5) is 71.2. The molecule has 0 fully saturated rings. The zero-order valence-electron chi connectivity index (χ0n) is 62.7. The highest BCUT2D eigenvalue weighted by atomic mass is 16.6. The topological polar surface area (TPSA) is 229 Å². The number of anilines is 6. The summed E-state index contributed by atoms with van der Waals surface area (Å²) < 4.78 is 31.3. The Labute approximate surface area is 615 Å². The molecule has 105 heavy (non-hydrogen) atoms. The molecule has 0 aromatic heterocycles. The fourth-order valence-corrected chi connectivity index (χ4v) is 14.1. The number of aryl methyl sites for hydroxylation is 3. The number of rotatable bonds is 18. The quantitative estimate of drug-likeness (QED) is 0.0305. The van der Waals surface area contributed by atoms with Crippen LogP contribution in [0.15, 0.2) is 170 Å². The van der Waals surface area contributed by atoms with Crippen molar-refractivity contribution in [3.63, 3.8) is 0 Å². The first-order valence-electron chi connectivity index (χ1n) is 36.1. The van der Waals surface area contributed by atoms with Crippen molar-refractivity contribution in [1.82, 2.24) is 0 Å². The van der Waals surface area contributed by atoms with Gasteiger partial charge in [0.1, 0.15) is 40.1 Å². The van der Waals surface area contributed by atoms with Crippen molar-refractivity contribution in [2.24, 2.45) is 0 Å². The predicted octanol–water partition coefficient (Wildman–Crippen LogP) is 18.3. The van der Waals surface area contributed by atoms with E-state index in [1.807, 2.05) is 151 Å². The second kappa shape index (κ2) is 32.0. The molecular weight excluding hydrogens is 1320 g/mol. The number of ketones is 1. The molecule has 0 saturated heterocycles. The number of aromatic hydroxyl groups is 2. The maximum Gasteiger partial charge on any atom is 0.414 e. The van der Waals surface area contributed by atoms with Crippen molar-refractivity contribution in [3.8, 4) is 34.5 Å². The number of aromatic carboxylic acids is 1. The molecular formula is C86H96N6O13. The standard InChI is InChI=1S/C32H36N2O5.C27H28N2O3.C18H19NO4.C9H13NO/c1-8-33(9-2)26-19-28-25(17-20(26)4)32(23-14-12-11-13-22(23)29(35)38-32)24-16-15-21(18-27(24)37-28)34(10-3)30(36)39-31(5,6)7;1-5-28-18-12-13-21-24(15-18)31-25-16-23(29(6-2)7-3)17(4)14-22(25)27(21)20-11-9-8-10-19(20)26(30)32-27;1-3-19(4-2)12-9-10-15(16(20)11-12)17(21)13-7-5-6-8-14(13)18(22)23;1-3-10-9-6-8(11)5-4-7(9)2/h11-19H,8-10H2,1-7H3;8-16,28H,5-7H2,1-4H3;5-11,20H,3-4H2,1-2H3,(H,22,23);4-6,10-11H,3H2,1-2H3. The number of hydrogen-bond donors (Lipinski definition) is 5. The third-order valence-electron chi connectivity index (χ3n) is 19.2. The molecule has 13 rings (SSSR count). The van der Waals surface area contributed by atoms with E-state index in [1.165, 1.54) is 24.3 Å². The van der Waals surface area contributed by atoms with Crippen LogP contribution in [0.1, 0.15) is 180 Å². The molecule has 0 saturated carbocycles. The molecule has 4 heterocycles. The molecule has 5 N–H and O–H groups in total. The highest BCUT2D eigenvalue weighted by Gasteiger charge is 2.55. The SMILES string of the molecule is CCN(CC)c1cc2c(cc1C)C1(OC(=O)c3ccccc31)c1ccc(N(CC)C(=O)OC(C)(C)C)cc1O2.CCN(CC)c1ccc(C(=O)c2ccccc2C(=O)O)c(O)c1.CCNc1cc(O)ccc1C.CCNc1ccc2c(c1)Oc1cc(N(CC)CC)c(C)cc1C21OC(=O)c2ccccc21. The van der Waals surface area contributed by atoms with Crippen molar-refractivity contribution in [1.29, 1.82) is 0 Å². The first-order valence-corrected chi connectivity index (χ1v) is 36.1. The van der Waals surface area contributed by atoms with Gasteiger partial charge in [-0.05, 0) is 193 Å². The molecule has 0 bridgehead atoms. The number of phenols is 2. The number of carboxylic acid groups (broad SMARTS) is 1. The normalized spacial score (nSPS) is 15.0. The van der Waals surface area contributed by atoms with E-state index in [0.717, 1.165) is 131 Å². The van der Waals surface area contributed by atoms with Gasteiger partial charge in [-0.2, -0.15) is 0 Å². The summed E-state index contributed by atoms with van der Waals surface area (Å²) in [6.07, 6.45) is -0.437. The Kier molecular flexibility index (Phi) is 23.2. The number of esters is 2. The van der Waals surface area contributed by atoms with E-state index >= 15 is 0 Å². The summed E-state index contributed by atoms with van der Waals surface area (Å²) in [6, 6.07) is 51.2. The molecule has 9 aromatic carbocycles. The van der Waals surface area contributed by atoms with Crippen LogP contribution in [-0.4, -0.2) is 110 Å². The summed E-state index contributed by atoms with van der Waals surface area (Å²) in [5.74, 6) is 0.380. The molecule has 1 amide bonds. The van der Waals surface area contributed by atoms with Gasteiger partial charge in [0.15, 0.2) is 17.0 Å². The van der Waals surface area contributed by atoms with Gasteiger partial charge in [-0.15, -0.1) is 0 Å². The maximum absolute atomic E-state index is 13.2. The fourth-order valence-electron chi connectivity index (χ4n) is 14.1. The second-order valence-corrected chi connectivity index (χ2v) is 26.8. The second-order valence-electron chi connectivity index (χ2n) is 26.8. The van der Waals surface area contributed by atoms with Crippen molar-refractivity contribution >= 4 is 63.9 Å². The van der Waals surface area contributed by atoms with Gasteiger partial charge in [-0.1, -0.05) is 60.7 Å². The Morgan fingerprint density at radius 1 is 0.457 bits per heavy atom. The molecule has 9 aromatic rings. The van der Waals surface area contributed by atoms with E-state index in [2.05, 4.69) is 87.1 Å². The highest BCUT2D eigenvalue weighted by molar-refractivity contribution is 6.15. The third-order valence-corrected chi connectivity index (χ3v) is 19.2. The zero-order valence-corrected chi connectivity index (χ0v) is 62.7. The Hall–Kier alpha value is -11.5. The van der Waals surface area contributed by atoms with Gasteiger partial charge in [0, 0.05) is 163 Å². The largest absolute Gasteiger partial charge is 0.508 e. The number of benzene rings is 9. The fraction of sp³-hybridized carbons (Fsp3) is 0.314. The first kappa shape index (κ1) is 76.2. The van der Waals surface area contributed by atoms with Crippen LogP contribution in [0, 0.1) is 20.8 Å². The van der Waals surface area contributed by atoms with E-state index < -0.39 is 34.6 Å². The van der Waals surface area contributed by atoms with E-state index in [9.17, 15) is 34.2 Å². The molecule has 4 aliphatic heterocycles. The summed E-state index contributed by atoms with van der Waals surface area (Å²) in [5.41, 5.74) is 12.3. The lowest BCUT2D eigenvalue weighted by molar-refractivity contribution is 0.0214. The van der Waals surface area contributed by atoms with E-state index in [-0.39, 0.29) is 34.4 Å². The molecule has 19 nitrogen and oxygen atoms in total. The van der Waals surface area contributed by atoms with Crippen LogP contribution in [0.25, 0.3) is 0 Å². The number of nitrogens with zero attached hydrogens (tertiary/aromatic N) is 4. The summed E-state index contributed by atoms with van der Waals surface area (Å²) in [5, 5.41) is 35.0. The minimum Gasteiger partial charge on any atom is -0.508 e. The van der Waals surface area contributed by atoms with Gasteiger partial charge in [-0.3, -0.25) is 9.69 Å². The monoisotopic (exact) mass is 1420 g/mol. The lowest BCUT2D eigenvalue weighted by atomic mass is 9.77. The van der Waals surface area contributed by atoms with E-state index in [0.29, 0.717) is 51.9 Å². The van der Waals surface area contributed by atoms with Gasteiger partial charge in [0.2, 0.25) is 0 Å². The van der Waals surface area contributed by atoms with Gasteiger partial charge in [-0.25, -0.2) is 19.2 Å². The first-order chi connectivity index (χ1) is 50.3. The Morgan fingerprint density at radius 3 is 1.42 bits per heavy atom. The number of fused-ring (bicyclic) bond motifs is 12. The number of ether oxygens (including phenoxy) is 5. The lowest BCUT2D eigenvalue weighted by Crippen LogP contribution is -2.37. The van der Waals surface area contributed by atoms with Crippen LogP contribution >= 0.6 is 0 Å². The van der Waals surface area contributed by atoms with Gasteiger partial charge in [0.05, 0.1) is 27.9 Å². The molecule has 2 atom stereocenters. The van der Waals surface area contributed by atoms with E-state index in [4.69, 9.17) is 28.8 Å². The molecule has 2 unspecified atom stereocenters. The molecule has 2 spiro atoms. The number of carbonyl (C=O) groups is 5. The number of hydrogen-bond acceptors (Lipinski definition) is 17. The van der Waals surface area contributed by atoms with Crippen molar-refractivity contribution in [2.75, 3.05) is 89.1 Å². The van der Waals surface area contributed by atoms with Crippen LogP contribution in [0.2, 0.25) is 0 Å². The van der Waals surface area contributed by atoms with Crippen molar-refractivity contribution in [2.45, 2.75) is 121 Å². The summed E-state index contributed by atoms with van der Waals surface area (Å²) >= 11 is 0. The number of amides is 1. The average Bonchev–Trinajstić information content (AvgIpc) is 1.62. The number of nitrogens with one attached hydrogen (secondary N) is 2. The Balaban J connectivity index is 0.000000161. The molecule has 19 heteroatoms. The van der Waals surface area contributed by atoms with Crippen LogP contribution in [-0.2, 0) is 25.4 Å². The third kappa shape index (κ3) is 15.0. The molecule has 4 aliphatic rings. The Morgan fingerprint density at radius 2 is 0.933 bits per heavy atom. The van der Waals surface area contributed by atoms with Crippen LogP contribution in [0.3, 0.4) is 0 Å². The minimum atomic E-state index is -1.17. The molecule has 548 valence electrons. The number of phenolic OH excluding ortho intramolecular Hbond substituents is 2. The summed E-state index contributed by atoms with van der Waals surface area (Å²) in [7, 11) is 0. The van der Waals surface area contributed by atoms with Crippen LogP contribution < -0.4 is 39.7 Å². The van der Waals surface area contributed by atoms with E-state index in [1.54, 1.807) is 41.3 Å².